The molecule has 0 spiro atoms. The van der Waals surface area contributed by atoms with Gasteiger partial charge in [0.25, 0.3) is 0 Å². The van der Waals surface area contributed by atoms with Gasteiger partial charge in [-0.15, -0.1) is 11.3 Å². The Kier molecular flexibility index (Phi) is 2.10. The Labute approximate surface area is 94.9 Å². The minimum Gasteiger partial charge on any atom is -0.140 e. The summed E-state index contributed by atoms with van der Waals surface area (Å²) >= 11 is 1.96. The third-order valence-electron chi connectivity index (χ3n) is 3.20. The largest absolute Gasteiger partial charge is 0.140 e. The molecule has 1 aromatic carbocycles. The molecule has 0 bridgehead atoms. The van der Waals surface area contributed by atoms with Gasteiger partial charge in [-0.1, -0.05) is 26.0 Å². The molecular formula is C14H16S. The highest BCUT2D eigenvalue weighted by Crippen LogP contribution is 2.45. The van der Waals surface area contributed by atoms with Crippen LogP contribution in [0, 0.1) is 0 Å². The van der Waals surface area contributed by atoms with E-state index >= 15 is 0 Å². The van der Waals surface area contributed by atoms with Gasteiger partial charge in [0.1, 0.15) is 0 Å². The minimum atomic E-state index is 0.662. The van der Waals surface area contributed by atoms with Crippen LogP contribution >= 0.6 is 11.3 Å². The van der Waals surface area contributed by atoms with Crippen LogP contribution in [0.2, 0.25) is 0 Å². The van der Waals surface area contributed by atoms with Gasteiger partial charge < -0.3 is 0 Å². The Balaban J connectivity index is 2.20. The van der Waals surface area contributed by atoms with Gasteiger partial charge >= 0.3 is 0 Å². The summed E-state index contributed by atoms with van der Waals surface area (Å²) in [6.07, 6.45) is 2.79. The Morgan fingerprint density at radius 3 is 2.73 bits per heavy atom. The SMILES string of the molecule is CC(C)c1cc2c(C3CC3)cccc2s1. The molecule has 78 valence electrons. The third kappa shape index (κ3) is 1.59. The summed E-state index contributed by atoms with van der Waals surface area (Å²) in [5, 5.41) is 1.52. The number of fused-ring (bicyclic) bond motifs is 1. The monoisotopic (exact) mass is 216 g/mol. The summed E-state index contributed by atoms with van der Waals surface area (Å²) < 4.78 is 1.48. The van der Waals surface area contributed by atoms with E-state index in [-0.39, 0.29) is 0 Å². The normalized spacial score (nSPS) is 16.5. The number of hydrogen-bond donors (Lipinski definition) is 0. The third-order valence-corrected chi connectivity index (χ3v) is 4.60. The van der Waals surface area contributed by atoms with E-state index < -0.39 is 0 Å². The molecule has 1 aliphatic rings. The highest BCUT2D eigenvalue weighted by molar-refractivity contribution is 7.19. The van der Waals surface area contributed by atoms with Crippen molar-refractivity contribution >= 4 is 21.4 Å². The molecule has 0 unspecified atom stereocenters. The molecule has 1 aromatic heterocycles. The van der Waals surface area contributed by atoms with Crippen molar-refractivity contribution in [3.05, 3.63) is 34.7 Å². The van der Waals surface area contributed by atoms with Crippen LogP contribution in [0.15, 0.2) is 24.3 Å². The summed E-state index contributed by atoms with van der Waals surface area (Å²) in [6.45, 7) is 4.56. The van der Waals surface area contributed by atoms with E-state index in [4.69, 9.17) is 0 Å². The number of rotatable bonds is 2. The van der Waals surface area contributed by atoms with Crippen molar-refractivity contribution in [3.63, 3.8) is 0 Å². The molecule has 0 saturated heterocycles. The molecule has 0 amide bonds. The van der Waals surface area contributed by atoms with E-state index in [0.29, 0.717) is 5.92 Å². The van der Waals surface area contributed by atoms with Crippen molar-refractivity contribution in [3.8, 4) is 0 Å². The predicted octanol–water partition coefficient (Wildman–Crippen LogP) is 4.90. The zero-order chi connectivity index (χ0) is 10.4. The van der Waals surface area contributed by atoms with E-state index in [2.05, 4.69) is 38.1 Å². The smallest absolute Gasteiger partial charge is 0.0348 e. The maximum Gasteiger partial charge on any atom is 0.0348 e. The number of hydrogen-bond acceptors (Lipinski definition) is 1. The zero-order valence-corrected chi connectivity index (χ0v) is 10.1. The van der Waals surface area contributed by atoms with Crippen molar-refractivity contribution in [2.75, 3.05) is 0 Å². The van der Waals surface area contributed by atoms with E-state index in [0.717, 1.165) is 5.92 Å². The molecule has 1 heteroatoms. The number of thiophene rings is 1. The van der Waals surface area contributed by atoms with Gasteiger partial charge in [-0.2, -0.15) is 0 Å². The van der Waals surface area contributed by atoms with Crippen LogP contribution in [0.3, 0.4) is 0 Å². The molecule has 1 aliphatic carbocycles. The molecule has 0 radical (unpaired) electrons. The van der Waals surface area contributed by atoms with Gasteiger partial charge in [-0.05, 0) is 47.8 Å². The molecule has 3 rings (SSSR count). The van der Waals surface area contributed by atoms with Crippen LogP contribution in [-0.4, -0.2) is 0 Å². The highest BCUT2D eigenvalue weighted by atomic mass is 32.1. The summed E-state index contributed by atoms with van der Waals surface area (Å²) in [4.78, 5) is 1.53. The Morgan fingerprint density at radius 2 is 2.07 bits per heavy atom. The fourth-order valence-electron chi connectivity index (χ4n) is 2.14. The standard InChI is InChI=1S/C14H16S/c1-9(2)14-8-12-11(10-6-7-10)4-3-5-13(12)15-14/h3-5,8-10H,6-7H2,1-2H3. The van der Waals surface area contributed by atoms with E-state index in [1.807, 2.05) is 11.3 Å². The fourth-order valence-corrected chi connectivity index (χ4v) is 3.24. The molecule has 0 N–H and O–H groups in total. The first-order valence-electron chi connectivity index (χ1n) is 5.78. The van der Waals surface area contributed by atoms with E-state index in [1.54, 1.807) is 5.56 Å². The lowest BCUT2D eigenvalue weighted by atomic mass is 10.0. The molecule has 1 heterocycles. The van der Waals surface area contributed by atoms with Crippen LogP contribution in [0.5, 0.6) is 0 Å². The van der Waals surface area contributed by atoms with Crippen molar-refractivity contribution in [1.82, 2.24) is 0 Å². The zero-order valence-electron chi connectivity index (χ0n) is 9.29. The van der Waals surface area contributed by atoms with E-state index in [9.17, 15) is 0 Å². The van der Waals surface area contributed by atoms with Crippen molar-refractivity contribution in [2.24, 2.45) is 0 Å². The molecule has 15 heavy (non-hydrogen) atoms. The molecule has 2 aromatic rings. The molecular weight excluding hydrogens is 200 g/mol. The van der Waals surface area contributed by atoms with Crippen LogP contribution in [0.4, 0.5) is 0 Å². The second kappa shape index (κ2) is 3.34. The van der Waals surface area contributed by atoms with Gasteiger partial charge in [-0.3, -0.25) is 0 Å². The molecule has 1 fully saturated rings. The molecule has 0 atom stereocenters. The second-order valence-electron chi connectivity index (χ2n) is 4.84. The Hall–Kier alpha value is -0.820. The molecule has 0 nitrogen and oxygen atoms in total. The highest BCUT2D eigenvalue weighted by Gasteiger charge is 2.25. The van der Waals surface area contributed by atoms with Gasteiger partial charge in [0.2, 0.25) is 0 Å². The van der Waals surface area contributed by atoms with Gasteiger partial charge in [0.05, 0.1) is 0 Å². The van der Waals surface area contributed by atoms with Crippen molar-refractivity contribution in [1.29, 1.82) is 0 Å². The maximum absolute atomic E-state index is 2.42. The van der Waals surface area contributed by atoms with Crippen LogP contribution in [0.25, 0.3) is 10.1 Å². The topological polar surface area (TPSA) is 0 Å². The summed E-state index contributed by atoms with van der Waals surface area (Å²) in [5.74, 6) is 1.53. The molecule has 1 saturated carbocycles. The first-order valence-corrected chi connectivity index (χ1v) is 6.59. The van der Waals surface area contributed by atoms with Crippen molar-refractivity contribution < 1.29 is 0 Å². The fraction of sp³-hybridized carbons (Fsp3) is 0.429. The van der Waals surface area contributed by atoms with Crippen LogP contribution in [0.1, 0.15) is 49.0 Å². The van der Waals surface area contributed by atoms with Gasteiger partial charge in [-0.25, -0.2) is 0 Å². The first kappa shape index (κ1) is 9.41. The van der Waals surface area contributed by atoms with E-state index in [1.165, 1.54) is 27.8 Å². The Bertz CT molecular complexity index is 489. The first-order chi connectivity index (χ1) is 7.25. The molecule has 0 aliphatic heterocycles. The van der Waals surface area contributed by atoms with Gasteiger partial charge in [0.15, 0.2) is 0 Å². The quantitative estimate of drug-likeness (QED) is 0.669. The second-order valence-corrected chi connectivity index (χ2v) is 5.95. The average molecular weight is 216 g/mol. The average Bonchev–Trinajstić information content (AvgIpc) is 2.95. The maximum atomic E-state index is 2.42. The van der Waals surface area contributed by atoms with Crippen LogP contribution < -0.4 is 0 Å². The van der Waals surface area contributed by atoms with Crippen molar-refractivity contribution in [2.45, 2.75) is 38.5 Å². The Morgan fingerprint density at radius 1 is 1.27 bits per heavy atom. The summed E-state index contributed by atoms with van der Waals surface area (Å²) in [7, 11) is 0. The number of benzene rings is 1. The summed E-state index contributed by atoms with van der Waals surface area (Å²) in [5.41, 5.74) is 1.59. The lowest BCUT2D eigenvalue weighted by Gasteiger charge is -1.99. The summed E-state index contributed by atoms with van der Waals surface area (Å²) in [6, 6.07) is 9.21. The van der Waals surface area contributed by atoms with Gasteiger partial charge in [0, 0.05) is 9.58 Å². The lowest BCUT2D eigenvalue weighted by Crippen LogP contribution is -1.80. The van der Waals surface area contributed by atoms with Crippen LogP contribution in [-0.2, 0) is 0 Å². The minimum absolute atomic E-state index is 0.662. The predicted molar refractivity (Wildman–Crippen MR) is 67.9 cm³/mol. The lowest BCUT2D eigenvalue weighted by molar-refractivity contribution is 0.890.